The molecule has 0 amide bonds. The third-order valence-electron chi connectivity index (χ3n) is 10.9. The zero-order chi connectivity index (χ0) is 37.0. The standard InChI is InChI=1S/C52H34N4/c1-2-15-35(16-3-1)36-17-12-20-39(31-36)52-53-46(37-18-13-21-40(32-37)55-48-27-8-4-23-42(48)43-24-5-9-28-49(43)55)34-47(54-52)38-19-14-22-41(33-38)56-50-29-10-6-25-44(50)45-26-7-11-30-51(45)56/h1-34H. The summed E-state index contributed by atoms with van der Waals surface area (Å²) in [5.41, 5.74) is 13.9. The van der Waals surface area contributed by atoms with Gasteiger partial charge in [0.1, 0.15) is 0 Å². The lowest BCUT2D eigenvalue weighted by molar-refractivity contribution is 1.16. The summed E-state index contributed by atoms with van der Waals surface area (Å²) in [6, 6.07) is 73.2. The maximum Gasteiger partial charge on any atom is 0.160 e. The molecule has 3 aromatic heterocycles. The molecular formula is C52H34N4. The van der Waals surface area contributed by atoms with E-state index in [1.54, 1.807) is 0 Å². The van der Waals surface area contributed by atoms with Crippen LogP contribution in [0.15, 0.2) is 206 Å². The number of rotatable bonds is 6. The first-order valence-electron chi connectivity index (χ1n) is 19.0. The number of hydrogen-bond acceptors (Lipinski definition) is 2. The Balaban J connectivity index is 1.10. The second-order valence-corrected chi connectivity index (χ2v) is 14.2. The molecule has 0 unspecified atom stereocenters. The van der Waals surface area contributed by atoms with Gasteiger partial charge in [-0.1, -0.05) is 146 Å². The summed E-state index contributed by atoms with van der Waals surface area (Å²) in [5.74, 6) is 0.680. The maximum atomic E-state index is 5.31. The zero-order valence-corrected chi connectivity index (χ0v) is 30.4. The van der Waals surface area contributed by atoms with Gasteiger partial charge in [0, 0.05) is 49.6 Å². The SMILES string of the molecule is c1ccc(-c2cccc(-c3nc(-c4cccc(-n5c6ccccc6c6ccccc65)c4)cc(-c4cccc(-n5c6ccccc6c6ccccc65)c4)n3)c2)cc1. The van der Waals surface area contributed by atoms with Crippen LogP contribution in [0, 0.1) is 0 Å². The smallest absolute Gasteiger partial charge is 0.160 e. The number of para-hydroxylation sites is 4. The summed E-state index contributed by atoms with van der Waals surface area (Å²) < 4.78 is 4.71. The topological polar surface area (TPSA) is 35.6 Å². The van der Waals surface area contributed by atoms with Crippen molar-refractivity contribution in [3.05, 3.63) is 206 Å². The van der Waals surface area contributed by atoms with Crippen molar-refractivity contribution in [2.75, 3.05) is 0 Å². The van der Waals surface area contributed by atoms with Gasteiger partial charge in [-0.25, -0.2) is 9.97 Å². The van der Waals surface area contributed by atoms with Crippen molar-refractivity contribution in [2.24, 2.45) is 0 Å². The molecule has 0 radical (unpaired) electrons. The van der Waals surface area contributed by atoms with Gasteiger partial charge >= 0.3 is 0 Å². The average molecular weight is 715 g/mol. The van der Waals surface area contributed by atoms with Gasteiger partial charge in [-0.15, -0.1) is 0 Å². The molecule has 0 bridgehead atoms. The first kappa shape index (κ1) is 31.9. The highest BCUT2D eigenvalue weighted by Gasteiger charge is 2.17. The summed E-state index contributed by atoms with van der Waals surface area (Å²) in [7, 11) is 0. The molecule has 56 heavy (non-hydrogen) atoms. The van der Waals surface area contributed by atoms with Crippen LogP contribution < -0.4 is 0 Å². The molecule has 0 aliphatic heterocycles. The molecule has 0 aliphatic rings. The molecule has 4 heteroatoms. The molecule has 11 aromatic rings. The highest BCUT2D eigenvalue weighted by Crippen LogP contribution is 2.36. The van der Waals surface area contributed by atoms with Crippen molar-refractivity contribution >= 4 is 43.6 Å². The molecular weight excluding hydrogens is 681 g/mol. The van der Waals surface area contributed by atoms with E-state index in [9.17, 15) is 0 Å². The Hall–Kier alpha value is -7.56. The lowest BCUT2D eigenvalue weighted by atomic mass is 10.0. The minimum absolute atomic E-state index is 0.680. The molecule has 0 saturated heterocycles. The highest BCUT2D eigenvalue weighted by molar-refractivity contribution is 6.10. The summed E-state index contributed by atoms with van der Waals surface area (Å²) in [5, 5.41) is 4.95. The van der Waals surface area contributed by atoms with E-state index >= 15 is 0 Å². The number of benzene rings is 8. The average Bonchev–Trinajstić information content (AvgIpc) is 3.80. The Bertz CT molecular complexity index is 2980. The van der Waals surface area contributed by atoms with E-state index in [-0.39, 0.29) is 0 Å². The van der Waals surface area contributed by atoms with Gasteiger partial charge in [0.2, 0.25) is 0 Å². The Morgan fingerprint density at radius 3 is 1.12 bits per heavy atom. The van der Waals surface area contributed by atoms with Crippen LogP contribution in [0.2, 0.25) is 0 Å². The fourth-order valence-corrected chi connectivity index (χ4v) is 8.35. The third kappa shape index (κ3) is 5.31. The Morgan fingerprint density at radius 2 is 0.643 bits per heavy atom. The molecule has 0 N–H and O–H groups in total. The summed E-state index contributed by atoms with van der Waals surface area (Å²) in [6.45, 7) is 0. The minimum Gasteiger partial charge on any atom is -0.309 e. The Morgan fingerprint density at radius 1 is 0.268 bits per heavy atom. The predicted molar refractivity (Wildman–Crippen MR) is 232 cm³/mol. The highest BCUT2D eigenvalue weighted by atomic mass is 15.0. The van der Waals surface area contributed by atoms with Crippen molar-refractivity contribution in [1.82, 2.24) is 19.1 Å². The van der Waals surface area contributed by atoms with E-state index in [1.165, 1.54) is 43.6 Å². The van der Waals surface area contributed by atoms with Crippen molar-refractivity contribution < 1.29 is 0 Å². The van der Waals surface area contributed by atoms with Crippen LogP contribution in [-0.4, -0.2) is 19.1 Å². The van der Waals surface area contributed by atoms with Crippen LogP contribution in [0.5, 0.6) is 0 Å². The van der Waals surface area contributed by atoms with E-state index in [4.69, 9.17) is 9.97 Å². The molecule has 262 valence electrons. The van der Waals surface area contributed by atoms with Crippen LogP contribution in [0.25, 0.3) is 100 Å². The van der Waals surface area contributed by atoms with Crippen molar-refractivity contribution in [1.29, 1.82) is 0 Å². The largest absolute Gasteiger partial charge is 0.309 e. The van der Waals surface area contributed by atoms with Crippen LogP contribution in [-0.2, 0) is 0 Å². The number of aromatic nitrogens is 4. The first-order chi connectivity index (χ1) is 27.8. The van der Waals surface area contributed by atoms with Crippen molar-refractivity contribution in [3.63, 3.8) is 0 Å². The monoisotopic (exact) mass is 714 g/mol. The zero-order valence-electron chi connectivity index (χ0n) is 30.4. The molecule has 4 nitrogen and oxygen atoms in total. The van der Waals surface area contributed by atoms with Gasteiger partial charge in [0.05, 0.1) is 33.5 Å². The Labute approximate surface area is 324 Å². The van der Waals surface area contributed by atoms with Gasteiger partial charge < -0.3 is 9.13 Å². The molecule has 0 fully saturated rings. The molecule has 0 aliphatic carbocycles. The lowest BCUT2D eigenvalue weighted by Crippen LogP contribution is -1.99. The summed E-state index contributed by atoms with van der Waals surface area (Å²) in [4.78, 5) is 10.6. The molecule has 11 rings (SSSR count). The van der Waals surface area contributed by atoms with Gasteiger partial charge in [0.15, 0.2) is 5.82 Å². The first-order valence-corrected chi connectivity index (χ1v) is 19.0. The van der Waals surface area contributed by atoms with Gasteiger partial charge in [-0.2, -0.15) is 0 Å². The third-order valence-corrected chi connectivity index (χ3v) is 10.9. The van der Waals surface area contributed by atoms with E-state index in [0.29, 0.717) is 5.82 Å². The summed E-state index contributed by atoms with van der Waals surface area (Å²) >= 11 is 0. The molecule has 3 heterocycles. The lowest BCUT2D eigenvalue weighted by Gasteiger charge is -2.14. The van der Waals surface area contributed by atoms with E-state index in [1.807, 2.05) is 6.07 Å². The quantitative estimate of drug-likeness (QED) is 0.172. The molecule has 0 atom stereocenters. The second kappa shape index (κ2) is 13.1. The number of hydrogen-bond donors (Lipinski definition) is 0. The van der Waals surface area contributed by atoms with Gasteiger partial charge in [-0.05, 0) is 71.8 Å². The normalized spacial score (nSPS) is 11.6. The number of nitrogens with zero attached hydrogens (tertiary/aromatic N) is 4. The van der Waals surface area contributed by atoms with Crippen LogP contribution in [0.1, 0.15) is 0 Å². The Kier molecular flexibility index (Phi) is 7.46. The predicted octanol–water partition coefficient (Wildman–Crippen LogP) is 13.3. The molecule has 8 aromatic carbocycles. The van der Waals surface area contributed by atoms with Crippen LogP contribution in [0.4, 0.5) is 0 Å². The van der Waals surface area contributed by atoms with Crippen LogP contribution >= 0.6 is 0 Å². The molecule has 0 saturated carbocycles. The van der Waals surface area contributed by atoms with Gasteiger partial charge in [0.25, 0.3) is 0 Å². The number of fused-ring (bicyclic) bond motifs is 6. The van der Waals surface area contributed by atoms with Crippen molar-refractivity contribution in [3.8, 4) is 56.4 Å². The summed E-state index contributed by atoms with van der Waals surface area (Å²) in [6.07, 6.45) is 0. The van der Waals surface area contributed by atoms with E-state index < -0.39 is 0 Å². The maximum absolute atomic E-state index is 5.31. The minimum atomic E-state index is 0.680. The van der Waals surface area contributed by atoms with Gasteiger partial charge in [-0.3, -0.25) is 0 Å². The fourth-order valence-electron chi connectivity index (χ4n) is 8.35. The van der Waals surface area contributed by atoms with Crippen LogP contribution in [0.3, 0.4) is 0 Å². The fraction of sp³-hybridized carbons (Fsp3) is 0. The molecule has 0 spiro atoms. The van der Waals surface area contributed by atoms with E-state index in [2.05, 4.69) is 209 Å². The van der Waals surface area contributed by atoms with Crippen molar-refractivity contribution in [2.45, 2.75) is 0 Å². The second-order valence-electron chi connectivity index (χ2n) is 14.2. The van der Waals surface area contributed by atoms with E-state index in [0.717, 1.165) is 50.6 Å².